The van der Waals surface area contributed by atoms with E-state index >= 15 is 0 Å². The SMILES string of the molecule is CCC(CC)Cn1nccc1CNC. The number of nitrogens with one attached hydrogen (secondary N) is 1. The van der Waals surface area contributed by atoms with E-state index in [9.17, 15) is 0 Å². The molecular weight excluding hydrogens is 174 g/mol. The third-order valence-corrected chi connectivity index (χ3v) is 2.75. The molecule has 0 fully saturated rings. The van der Waals surface area contributed by atoms with Gasteiger partial charge in [0.15, 0.2) is 0 Å². The molecule has 3 nitrogen and oxygen atoms in total. The van der Waals surface area contributed by atoms with E-state index in [0.717, 1.165) is 19.0 Å². The predicted octanol–water partition coefficient (Wildman–Crippen LogP) is 2.04. The zero-order valence-electron chi connectivity index (χ0n) is 9.45. The maximum atomic E-state index is 4.35. The van der Waals surface area contributed by atoms with Crippen molar-refractivity contribution in [1.29, 1.82) is 0 Å². The number of nitrogens with zero attached hydrogens (tertiary/aromatic N) is 2. The minimum atomic E-state index is 0.755. The number of hydrogen-bond donors (Lipinski definition) is 1. The Morgan fingerprint density at radius 3 is 2.71 bits per heavy atom. The molecule has 1 aromatic rings. The van der Waals surface area contributed by atoms with E-state index < -0.39 is 0 Å². The lowest BCUT2D eigenvalue weighted by Crippen LogP contribution is -2.16. The zero-order chi connectivity index (χ0) is 10.4. The lowest BCUT2D eigenvalue weighted by molar-refractivity contribution is 0.386. The Hall–Kier alpha value is -0.830. The van der Waals surface area contributed by atoms with Crippen LogP contribution in [0, 0.1) is 5.92 Å². The summed E-state index contributed by atoms with van der Waals surface area (Å²) in [5.74, 6) is 0.755. The molecule has 0 spiro atoms. The molecule has 0 amide bonds. The summed E-state index contributed by atoms with van der Waals surface area (Å²) in [6.45, 7) is 6.45. The van der Waals surface area contributed by atoms with Gasteiger partial charge in [-0.2, -0.15) is 5.10 Å². The van der Waals surface area contributed by atoms with Gasteiger partial charge >= 0.3 is 0 Å². The molecule has 1 N–H and O–H groups in total. The molecule has 0 saturated carbocycles. The van der Waals surface area contributed by atoms with E-state index in [1.807, 2.05) is 13.2 Å². The van der Waals surface area contributed by atoms with Crippen molar-refractivity contribution in [3.63, 3.8) is 0 Å². The molecule has 0 bridgehead atoms. The van der Waals surface area contributed by atoms with Gasteiger partial charge in [0.25, 0.3) is 0 Å². The maximum absolute atomic E-state index is 4.35. The van der Waals surface area contributed by atoms with Gasteiger partial charge in [-0.25, -0.2) is 0 Å². The van der Waals surface area contributed by atoms with Gasteiger partial charge in [0, 0.05) is 19.3 Å². The van der Waals surface area contributed by atoms with Crippen molar-refractivity contribution in [1.82, 2.24) is 15.1 Å². The highest BCUT2D eigenvalue weighted by Crippen LogP contribution is 2.11. The largest absolute Gasteiger partial charge is 0.314 e. The first kappa shape index (κ1) is 11.2. The smallest absolute Gasteiger partial charge is 0.0522 e. The first-order valence-corrected chi connectivity index (χ1v) is 5.47. The fourth-order valence-electron chi connectivity index (χ4n) is 1.65. The first-order chi connectivity index (χ1) is 6.81. The van der Waals surface area contributed by atoms with Crippen LogP contribution in [0.5, 0.6) is 0 Å². The van der Waals surface area contributed by atoms with Gasteiger partial charge in [-0.1, -0.05) is 26.7 Å². The van der Waals surface area contributed by atoms with E-state index in [-0.39, 0.29) is 0 Å². The van der Waals surface area contributed by atoms with E-state index in [2.05, 4.69) is 35.0 Å². The third-order valence-electron chi connectivity index (χ3n) is 2.75. The van der Waals surface area contributed by atoms with Crippen LogP contribution in [0.4, 0.5) is 0 Å². The second-order valence-corrected chi connectivity index (χ2v) is 3.72. The second kappa shape index (κ2) is 5.81. The summed E-state index contributed by atoms with van der Waals surface area (Å²) in [5, 5.41) is 7.51. The number of hydrogen-bond acceptors (Lipinski definition) is 2. The van der Waals surface area contributed by atoms with Crippen molar-refractivity contribution >= 4 is 0 Å². The Bertz CT molecular complexity index is 251. The summed E-state index contributed by atoms with van der Waals surface area (Å²) >= 11 is 0. The normalized spacial score (nSPS) is 11.1. The molecule has 0 aliphatic carbocycles. The van der Waals surface area contributed by atoms with Crippen LogP contribution in [0.3, 0.4) is 0 Å². The van der Waals surface area contributed by atoms with Crippen LogP contribution in [0.1, 0.15) is 32.4 Å². The van der Waals surface area contributed by atoms with Gasteiger partial charge in [0.05, 0.1) is 5.69 Å². The van der Waals surface area contributed by atoms with Crippen LogP contribution >= 0.6 is 0 Å². The first-order valence-electron chi connectivity index (χ1n) is 5.47. The van der Waals surface area contributed by atoms with Gasteiger partial charge in [-0.05, 0) is 19.0 Å². The van der Waals surface area contributed by atoms with Gasteiger partial charge < -0.3 is 5.32 Å². The molecule has 1 aromatic heterocycles. The van der Waals surface area contributed by atoms with Crippen LogP contribution in [0.25, 0.3) is 0 Å². The predicted molar refractivity (Wildman–Crippen MR) is 59.1 cm³/mol. The molecular formula is C11H21N3. The minimum Gasteiger partial charge on any atom is -0.314 e. The highest BCUT2D eigenvalue weighted by Gasteiger charge is 2.07. The minimum absolute atomic E-state index is 0.755. The quantitative estimate of drug-likeness (QED) is 0.752. The highest BCUT2D eigenvalue weighted by atomic mass is 15.3. The van der Waals surface area contributed by atoms with Crippen LogP contribution in [0.15, 0.2) is 12.3 Å². The van der Waals surface area contributed by atoms with Crippen LogP contribution < -0.4 is 5.32 Å². The second-order valence-electron chi connectivity index (χ2n) is 3.72. The fourth-order valence-corrected chi connectivity index (χ4v) is 1.65. The van der Waals surface area contributed by atoms with Crippen molar-refractivity contribution < 1.29 is 0 Å². The van der Waals surface area contributed by atoms with Crippen molar-refractivity contribution in [2.45, 2.75) is 39.8 Å². The molecule has 0 aromatic carbocycles. The lowest BCUT2D eigenvalue weighted by Gasteiger charge is -2.14. The van der Waals surface area contributed by atoms with Crippen LogP contribution in [-0.4, -0.2) is 16.8 Å². The molecule has 0 aliphatic rings. The highest BCUT2D eigenvalue weighted by molar-refractivity contribution is 4.99. The van der Waals surface area contributed by atoms with Gasteiger partial charge in [0.2, 0.25) is 0 Å². The van der Waals surface area contributed by atoms with Crippen molar-refractivity contribution in [2.24, 2.45) is 5.92 Å². The fraction of sp³-hybridized carbons (Fsp3) is 0.727. The molecule has 80 valence electrons. The molecule has 0 saturated heterocycles. The zero-order valence-corrected chi connectivity index (χ0v) is 9.45. The Labute approximate surface area is 86.5 Å². The van der Waals surface area contributed by atoms with E-state index in [1.54, 1.807) is 0 Å². The summed E-state index contributed by atoms with van der Waals surface area (Å²) in [6.07, 6.45) is 4.35. The molecule has 1 heterocycles. The van der Waals surface area contributed by atoms with Crippen LogP contribution in [0.2, 0.25) is 0 Å². The molecule has 0 unspecified atom stereocenters. The monoisotopic (exact) mass is 195 g/mol. The summed E-state index contributed by atoms with van der Waals surface area (Å²) in [6, 6.07) is 2.08. The van der Waals surface area contributed by atoms with Crippen molar-refractivity contribution in [3.8, 4) is 0 Å². The summed E-state index contributed by atoms with van der Waals surface area (Å²) < 4.78 is 2.12. The van der Waals surface area contributed by atoms with E-state index in [0.29, 0.717) is 0 Å². The van der Waals surface area contributed by atoms with E-state index in [1.165, 1.54) is 18.5 Å². The Morgan fingerprint density at radius 2 is 2.14 bits per heavy atom. The average molecular weight is 195 g/mol. The average Bonchev–Trinajstić information content (AvgIpc) is 2.62. The van der Waals surface area contributed by atoms with Crippen molar-refractivity contribution in [3.05, 3.63) is 18.0 Å². The lowest BCUT2D eigenvalue weighted by atomic mass is 10.0. The standard InChI is InChI=1S/C11H21N3/c1-4-10(5-2)9-14-11(8-12-3)6-7-13-14/h6-7,10,12H,4-5,8-9H2,1-3H3. The Balaban J connectivity index is 2.60. The molecule has 0 radical (unpaired) electrons. The van der Waals surface area contributed by atoms with Gasteiger partial charge in [-0.15, -0.1) is 0 Å². The summed E-state index contributed by atoms with van der Waals surface area (Å²) in [7, 11) is 1.97. The Kier molecular flexibility index (Phi) is 4.66. The molecule has 1 rings (SSSR count). The summed E-state index contributed by atoms with van der Waals surface area (Å²) in [4.78, 5) is 0. The molecule has 3 heteroatoms. The number of aromatic nitrogens is 2. The van der Waals surface area contributed by atoms with E-state index in [4.69, 9.17) is 0 Å². The van der Waals surface area contributed by atoms with Gasteiger partial charge in [-0.3, -0.25) is 4.68 Å². The molecule has 14 heavy (non-hydrogen) atoms. The summed E-state index contributed by atoms with van der Waals surface area (Å²) in [5.41, 5.74) is 1.28. The number of rotatable bonds is 6. The third kappa shape index (κ3) is 2.84. The van der Waals surface area contributed by atoms with Crippen molar-refractivity contribution in [2.75, 3.05) is 7.05 Å². The van der Waals surface area contributed by atoms with Crippen LogP contribution in [-0.2, 0) is 13.1 Å². The van der Waals surface area contributed by atoms with Gasteiger partial charge in [0.1, 0.15) is 0 Å². The Morgan fingerprint density at radius 1 is 1.43 bits per heavy atom. The molecule has 0 aliphatic heterocycles. The topological polar surface area (TPSA) is 29.9 Å². The molecule has 0 atom stereocenters. The maximum Gasteiger partial charge on any atom is 0.0522 e.